The number of aliphatic hydroxyl groups excluding tert-OH is 2. The fraction of sp³-hybridized carbons (Fsp3) is 0.650. The molecular formula is C20H32N6O5. The second kappa shape index (κ2) is 10.3. The average Bonchev–Trinajstić information content (AvgIpc) is 3.32. The lowest BCUT2D eigenvalue weighted by atomic mass is 9.97. The molecule has 0 bridgehead atoms. The van der Waals surface area contributed by atoms with Crippen LogP contribution in [0.2, 0.25) is 0 Å². The Labute approximate surface area is 180 Å². The van der Waals surface area contributed by atoms with Crippen molar-refractivity contribution >= 4 is 22.8 Å². The largest absolute Gasteiger partial charge is 0.468 e. The maximum Gasteiger partial charge on any atom is 0.322 e. The number of nitrogens with zero attached hydrogens (tertiary/aromatic N) is 3. The number of nitrogens with two attached hydrogens (primary N) is 2. The zero-order valence-corrected chi connectivity index (χ0v) is 17.8. The Bertz CT molecular complexity index is 877. The Balaban J connectivity index is 1.70. The predicted octanol–water partition coefficient (Wildman–Crippen LogP) is -0.328. The van der Waals surface area contributed by atoms with E-state index in [1.54, 1.807) is 16.8 Å². The molecule has 11 heteroatoms. The number of hydrogen-bond acceptors (Lipinski definition) is 10. The summed E-state index contributed by atoms with van der Waals surface area (Å²) in [6, 6.07) is 0.987. The van der Waals surface area contributed by atoms with Gasteiger partial charge >= 0.3 is 5.97 Å². The van der Waals surface area contributed by atoms with Gasteiger partial charge in [-0.1, -0.05) is 6.92 Å². The predicted molar refractivity (Wildman–Crippen MR) is 114 cm³/mol. The van der Waals surface area contributed by atoms with Gasteiger partial charge in [-0.15, -0.1) is 0 Å². The van der Waals surface area contributed by atoms with E-state index in [1.165, 1.54) is 13.4 Å². The van der Waals surface area contributed by atoms with Crippen molar-refractivity contribution in [3.05, 3.63) is 18.6 Å². The molecule has 0 spiro atoms. The third-order valence-corrected chi connectivity index (χ3v) is 5.68. The molecular weight excluding hydrogens is 404 g/mol. The highest BCUT2D eigenvalue weighted by atomic mass is 16.6. The first kappa shape index (κ1) is 23.4. The molecule has 172 valence electrons. The molecule has 11 nitrogen and oxygen atoms in total. The van der Waals surface area contributed by atoms with E-state index >= 15 is 0 Å². The van der Waals surface area contributed by atoms with E-state index in [9.17, 15) is 15.0 Å². The molecule has 6 atom stereocenters. The molecule has 1 aliphatic heterocycles. The molecule has 1 saturated heterocycles. The van der Waals surface area contributed by atoms with E-state index in [-0.39, 0.29) is 6.04 Å². The number of anilines is 1. The number of methoxy groups -OCH3 is 1. The van der Waals surface area contributed by atoms with Gasteiger partial charge < -0.3 is 41.0 Å². The number of carbonyl (C=O) groups is 1. The van der Waals surface area contributed by atoms with Crippen LogP contribution in [0.25, 0.3) is 11.0 Å². The third-order valence-electron chi connectivity index (χ3n) is 5.68. The first-order valence-electron chi connectivity index (χ1n) is 10.5. The van der Waals surface area contributed by atoms with Crippen molar-refractivity contribution in [2.75, 3.05) is 19.4 Å². The minimum absolute atomic E-state index is 0.0550. The molecule has 2 aromatic rings. The van der Waals surface area contributed by atoms with Crippen molar-refractivity contribution in [3.8, 4) is 0 Å². The number of carbonyl (C=O) groups excluding carboxylic acids is 1. The van der Waals surface area contributed by atoms with Gasteiger partial charge in [-0.05, 0) is 38.3 Å². The van der Waals surface area contributed by atoms with Gasteiger partial charge in [0.05, 0.1) is 18.6 Å². The van der Waals surface area contributed by atoms with E-state index in [2.05, 4.69) is 26.9 Å². The van der Waals surface area contributed by atoms with E-state index < -0.39 is 36.6 Å². The number of aromatic nitrogens is 3. The molecule has 0 radical (unpaired) electrons. The lowest BCUT2D eigenvalue weighted by molar-refractivity contribution is -0.142. The van der Waals surface area contributed by atoms with Crippen molar-refractivity contribution < 1.29 is 24.5 Å². The highest BCUT2D eigenvalue weighted by Gasteiger charge is 2.44. The lowest BCUT2D eigenvalue weighted by Crippen LogP contribution is -2.40. The van der Waals surface area contributed by atoms with Gasteiger partial charge in [0.15, 0.2) is 6.23 Å². The molecule has 0 aromatic carbocycles. The Hall–Kier alpha value is -2.31. The second-order valence-electron chi connectivity index (χ2n) is 7.86. The summed E-state index contributed by atoms with van der Waals surface area (Å²) in [5, 5.41) is 25.4. The van der Waals surface area contributed by atoms with Crippen LogP contribution in [0.1, 0.15) is 38.8 Å². The molecule has 3 heterocycles. The van der Waals surface area contributed by atoms with E-state index in [4.69, 9.17) is 16.2 Å². The summed E-state index contributed by atoms with van der Waals surface area (Å²) >= 11 is 0. The lowest BCUT2D eigenvalue weighted by Gasteiger charge is -2.24. The Morgan fingerprint density at radius 3 is 2.84 bits per heavy atom. The molecule has 0 aliphatic carbocycles. The van der Waals surface area contributed by atoms with Gasteiger partial charge in [-0.25, -0.2) is 9.97 Å². The topological polar surface area (TPSA) is 171 Å². The Morgan fingerprint density at radius 1 is 1.35 bits per heavy atom. The summed E-state index contributed by atoms with van der Waals surface area (Å²) in [7, 11) is 1.31. The van der Waals surface area contributed by atoms with Crippen LogP contribution in [0.5, 0.6) is 0 Å². The zero-order chi connectivity index (χ0) is 22.5. The number of hydrogen-bond donors (Lipinski definition) is 5. The molecule has 2 aromatic heterocycles. The summed E-state index contributed by atoms with van der Waals surface area (Å²) in [5.41, 5.74) is 12.3. The SMILES string of the molecule is CCCNC(CCC(N)C(=O)OC)CC1OC(n2ccc3c(N)ncnc32)C(O)C1O. The quantitative estimate of drug-likeness (QED) is 0.311. The molecule has 31 heavy (non-hydrogen) atoms. The molecule has 0 saturated carbocycles. The number of nitrogens with one attached hydrogen (secondary N) is 1. The number of nitrogen functional groups attached to an aromatic ring is 1. The summed E-state index contributed by atoms with van der Waals surface area (Å²) < 4.78 is 12.4. The van der Waals surface area contributed by atoms with E-state index in [0.29, 0.717) is 36.1 Å². The third kappa shape index (κ3) is 5.13. The van der Waals surface area contributed by atoms with Gasteiger partial charge in [0.25, 0.3) is 0 Å². The van der Waals surface area contributed by atoms with Crippen LogP contribution in [0.15, 0.2) is 18.6 Å². The van der Waals surface area contributed by atoms with E-state index in [1.807, 2.05) is 0 Å². The van der Waals surface area contributed by atoms with Crippen LogP contribution in [0, 0.1) is 0 Å². The second-order valence-corrected chi connectivity index (χ2v) is 7.86. The van der Waals surface area contributed by atoms with Crippen LogP contribution in [-0.4, -0.2) is 74.8 Å². The summed E-state index contributed by atoms with van der Waals surface area (Å²) in [6.45, 7) is 2.82. The highest BCUT2D eigenvalue weighted by Crippen LogP contribution is 2.34. The zero-order valence-electron chi connectivity index (χ0n) is 17.8. The monoisotopic (exact) mass is 436 g/mol. The summed E-state index contributed by atoms with van der Waals surface area (Å²) in [5.74, 6) is -0.123. The van der Waals surface area contributed by atoms with Crippen molar-refractivity contribution in [2.24, 2.45) is 5.73 Å². The maximum atomic E-state index is 11.6. The molecule has 1 aliphatic rings. The van der Waals surface area contributed by atoms with Crippen molar-refractivity contribution in [3.63, 3.8) is 0 Å². The highest BCUT2D eigenvalue weighted by molar-refractivity contribution is 5.86. The number of fused-ring (bicyclic) bond motifs is 1. The molecule has 6 unspecified atom stereocenters. The average molecular weight is 437 g/mol. The van der Waals surface area contributed by atoms with Crippen LogP contribution >= 0.6 is 0 Å². The van der Waals surface area contributed by atoms with Gasteiger partial charge in [0.2, 0.25) is 0 Å². The van der Waals surface area contributed by atoms with Gasteiger partial charge in [0.1, 0.15) is 36.0 Å². The normalized spacial score (nSPS) is 25.6. The summed E-state index contributed by atoms with van der Waals surface area (Å²) in [6.07, 6.45) is 1.81. The number of aliphatic hydroxyl groups is 2. The molecule has 0 amide bonds. The standard InChI is InChI=1S/C20H32N6O5/c1-3-7-23-11(4-5-13(21)20(29)30-2)9-14-15(27)16(28)19(31-14)26-8-6-12-17(22)24-10-25-18(12)26/h6,8,10-11,13-16,19,23,27-28H,3-5,7,9,21H2,1-2H3,(H2,22,24,25). The molecule has 1 fully saturated rings. The van der Waals surface area contributed by atoms with Gasteiger partial charge in [0, 0.05) is 12.2 Å². The Morgan fingerprint density at radius 2 is 2.13 bits per heavy atom. The van der Waals surface area contributed by atoms with Crippen molar-refractivity contribution in [1.29, 1.82) is 0 Å². The number of rotatable bonds is 10. The Kier molecular flexibility index (Phi) is 7.79. The number of ether oxygens (including phenoxy) is 2. The molecule has 3 rings (SSSR count). The van der Waals surface area contributed by atoms with Crippen molar-refractivity contribution in [1.82, 2.24) is 19.9 Å². The number of esters is 1. The van der Waals surface area contributed by atoms with E-state index in [0.717, 1.165) is 13.0 Å². The maximum absolute atomic E-state index is 11.6. The smallest absolute Gasteiger partial charge is 0.322 e. The first-order valence-corrected chi connectivity index (χ1v) is 10.5. The van der Waals surface area contributed by atoms with Gasteiger partial charge in [-0.3, -0.25) is 4.79 Å². The van der Waals surface area contributed by atoms with Crippen molar-refractivity contribution in [2.45, 2.75) is 69.2 Å². The van der Waals surface area contributed by atoms with Crippen LogP contribution in [-0.2, 0) is 14.3 Å². The fourth-order valence-corrected chi connectivity index (χ4v) is 3.93. The minimum atomic E-state index is -1.14. The fourth-order valence-electron chi connectivity index (χ4n) is 3.93. The first-order chi connectivity index (χ1) is 14.9. The van der Waals surface area contributed by atoms with Crippen LogP contribution in [0.4, 0.5) is 5.82 Å². The van der Waals surface area contributed by atoms with Crippen LogP contribution in [0.3, 0.4) is 0 Å². The molecule has 7 N–H and O–H groups in total. The van der Waals surface area contributed by atoms with Crippen LogP contribution < -0.4 is 16.8 Å². The minimum Gasteiger partial charge on any atom is -0.468 e. The van der Waals surface area contributed by atoms with Gasteiger partial charge in [-0.2, -0.15) is 0 Å². The summed E-state index contributed by atoms with van der Waals surface area (Å²) in [4.78, 5) is 19.8.